The molecule has 0 spiro atoms. The summed E-state index contributed by atoms with van der Waals surface area (Å²) in [6.07, 6.45) is 3.00. The van der Waals surface area contributed by atoms with E-state index in [0.29, 0.717) is 5.11 Å². The standard InChI is InChI=1S/C19H24N2S/c1-4-14-9-7-12-17(13-14)20-19(22)21-18-15(5-2)10-8-11-16(18)6-3/h7-13H,4-6H2,1-3H3,(H2,20,21,22). The molecule has 0 atom stereocenters. The van der Waals surface area contributed by atoms with Gasteiger partial charge in [0.05, 0.1) is 0 Å². The Morgan fingerprint density at radius 1 is 0.864 bits per heavy atom. The molecule has 116 valence electrons. The van der Waals surface area contributed by atoms with Gasteiger partial charge in [-0.2, -0.15) is 0 Å². The Labute approximate surface area is 139 Å². The smallest absolute Gasteiger partial charge is 0.175 e. The molecule has 0 bridgehead atoms. The molecule has 0 radical (unpaired) electrons. The molecule has 2 rings (SSSR count). The lowest BCUT2D eigenvalue weighted by atomic mass is 10.0. The molecule has 0 heterocycles. The van der Waals surface area contributed by atoms with Crippen molar-refractivity contribution >= 4 is 28.7 Å². The minimum atomic E-state index is 0.642. The Hall–Kier alpha value is -1.87. The summed E-state index contributed by atoms with van der Waals surface area (Å²) < 4.78 is 0. The van der Waals surface area contributed by atoms with Crippen molar-refractivity contribution in [3.63, 3.8) is 0 Å². The van der Waals surface area contributed by atoms with Crippen LogP contribution in [0.2, 0.25) is 0 Å². The molecule has 3 heteroatoms. The third-order valence-corrected chi connectivity index (χ3v) is 4.03. The molecular weight excluding hydrogens is 288 g/mol. The van der Waals surface area contributed by atoms with E-state index in [1.165, 1.54) is 16.7 Å². The van der Waals surface area contributed by atoms with Crippen molar-refractivity contribution in [1.29, 1.82) is 0 Å². The van der Waals surface area contributed by atoms with Crippen LogP contribution in [0.25, 0.3) is 0 Å². The minimum absolute atomic E-state index is 0.642. The van der Waals surface area contributed by atoms with Crippen molar-refractivity contribution in [2.24, 2.45) is 0 Å². The maximum atomic E-state index is 5.49. The van der Waals surface area contributed by atoms with Gasteiger partial charge in [0.25, 0.3) is 0 Å². The predicted molar refractivity (Wildman–Crippen MR) is 101 cm³/mol. The number of hydrogen-bond acceptors (Lipinski definition) is 1. The number of thiocarbonyl (C=S) groups is 1. The summed E-state index contributed by atoms with van der Waals surface area (Å²) in [5, 5.41) is 7.32. The van der Waals surface area contributed by atoms with Crippen LogP contribution in [0.1, 0.15) is 37.5 Å². The summed E-state index contributed by atoms with van der Waals surface area (Å²) in [6.45, 7) is 6.49. The number of rotatable bonds is 5. The number of para-hydroxylation sites is 1. The first kappa shape index (κ1) is 16.5. The minimum Gasteiger partial charge on any atom is -0.332 e. The second-order valence-electron chi connectivity index (χ2n) is 5.29. The van der Waals surface area contributed by atoms with E-state index in [9.17, 15) is 0 Å². The summed E-state index contributed by atoms with van der Waals surface area (Å²) in [5.74, 6) is 0. The van der Waals surface area contributed by atoms with Gasteiger partial charge in [0.1, 0.15) is 0 Å². The maximum Gasteiger partial charge on any atom is 0.175 e. The van der Waals surface area contributed by atoms with E-state index in [0.717, 1.165) is 30.6 Å². The zero-order valence-electron chi connectivity index (χ0n) is 13.6. The molecule has 2 aromatic carbocycles. The third-order valence-electron chi connectivity index (χ3n) is 3.83. The summed E-state index contributed by atoms with van der Waals surface area (Å²) in [7, 11) is 0. The lowest BCUT2D eigenvalue weighted by Gasteiger charge is -2.17. The van der Waals surface area contributed by atoms with Crippen LogP contribution in [0.4, 0.5) is 11.4 Å². The van der Waals surface area contributed by atoms with Crippen molar-refractivity contribution in [1.82, 2.24) is 0 Å². The zero-order chi connectivity index (χ0) is 15.9. The van der Waals surface area contributed by atoms with Crippen LogP contribution < -0.4 is 10.6 Å². The molecular formula is C19H24N2S. The van der Waals surface area contributed by atoms with E-state index < -0.39 is 0 Å². The van der Waals surface area contributed by atoms with Gasteiger partial charge in [-0.3, -0.25) is 0 Å². The molecule has 0 aromatic heterocycles. The monoisotopic (exact) mass is 312 g/mol. The molecule has 0 fully saturated rings. The van der Waals surface area contributed by atoms with Crippen LogP contribution in [0.5, 0.6) is 0 Å². The fourth-order valence-electron chi connectivity index (χ4n) is 2.55. The molecule has 2 nitrogen and oxygen atoms in total. The highest BCUT2D eigenvalue weighted by Crippen LogP contribution is 2.23. The summed E-state index contributed by atoms with van der Waals surface area (Å²) in [6, 6.07) is 14.8. The Morgan fingerprint density at radius 3 is 2.09 bits per heavy atom. The van der Waals surface area contributed by atoms with Crippen molar-refractivity contribution < 1.29 is 0 Å². The number of nitrogens with one attached hydrogen (secondary N) is 2. The largest absolute Gasteiger partial charge is 0.332 e. The second-order valence-corrected chi connectivity index (χ2v) is 5.70. The van der Waals surface area contributed by atoms with Crippen molar-refractivity contribution in [2.45, 2.75) is 40.0 Å². The highest BCUT2D eigenvalue weighted by molar-refractivity contribution is 7.80. The molecule has 2 aromatic rings. The predicted octanol–water partition coefficient (Wildman–Crippen LogP) is 5.18. The van der Waals surface area contributed by atoms with E-state index in [4.69, 9.17) is 12.2 Å². The first-order valence-electron chi connectivity index (χ1n) is 7.95. The molecule has 0 unspecified atom stereocenters. The van der Waals surface area contributed by atoms with Gasteiger partial charge in [0.15, 0.2) is 5.11 Å². The molecule has 0 aliphatic carbocycles. The SMILES string of the molecule is CCc1cccc(NC(=S)Nc2c(CC)cccc2CC)c1. The number of hydrogen-bond donors (Lipinski definition) is 2. The fraction of sp³-hybridized carbons (Fsp3) is 0.316. The number of aryl methyl sites for hydroxylation is 3. The first-order valence-corrected chi connectivity index (χ1v) is 8.36. The Bertz CT molecular complexity index is 627. The molecule has 2 N–H and O–H groups in total. The third kappa shape index (κ3) is 4.08. The Kier molecular flexibility index (Phi) is 5.96. The lowest BCUT2D eigenvalue weighted by Crippen LogP contribution is -2.21. The summed E-state index contributed by atoms with van der Waals surface area (Å²) >= 11 is 5.49. The van der Waals surface area contributed by atoms with E-state index in [-0.39, 0.29) is 0 Å². The summed E-state index contributed by atoms with van der Waals surface area (Å²) in [4.78, 5) is 0. The second kappa shape index (κ2) is 7.95. The van der Waals surface area contributed by atoms with Gasteiger partial charge in [0, 0.05) is 11.4 Å². The number of anilines is 2. The van der Waals surface area contributed by atoms with E-state index in [2.05, 4.69) is 67.8 Å². The van der Waals surface area contributed by atoms with Crippen LogP contribution in [-0.4, -0.2) is 5.11 Å². The highest BCUT2D eigenvalue weighted by atomic mass is 32.1. The van der Waals surface area contributed by atoms with Gasteiger partial charge in [-0.25, -0.2) is 0 Å². The zero-order valence-corrected chi connectivity index (χ0v) is 14.4. The topological polar surface area (TPSA) is 24.1 Å². The molecule has 22 heavy (non-hydrogen) atoms. The van der Waals surface area contributed by atoms with Crippen LogP contribution in [-0.2, 0) is 19.3 Å². The maximum absolute atomic E-state index is 5.49. The first-order chi connectivity index (χ1) is 10.7. The molecule has 0 saturated heterocycles. The van der Waals surface area contributed by atoms with E-state index >= 15 is 0 Å². The molecule has 0 aliphatic rings. The van der Waals surface area contributed by atoms with Gasteiger partial charge >= 0.3 is 0 Å². The lowest BCUT2D eigenvalue weighted by molar-refractivity contribution is 1.09. The quantitative estimate of drug-likeness (QED) is 0.744. The van der Waals surface area contributed by atoms with Crippen LogP contribution in [0, 0.1) is 0 Å². The van der Waals surface area contributed by atoms with Crippen molar-refractivity contribution in [2.75, 3.05) is 10.6 Å². The van der Waals surface area contributed by atoms with Crippen molar-refractivity contribution in [3.05, 3.63) is 59.2 Å². The van der Waals surface area contributed by atoms with Gasteiger partial charge in [0.2, 0.25) is 0 Å². The Balaban J connectivity index is 2.15. The average Bonchev–Trinajstić information content (AvgIpc) is 2.55. The van der Waals surface area contributed by atoms with Crippen LogP contribution in [0.15, 0.2) is 42.5 Å². The molecule has 0 saturated carbocycles. The normalized spacial score (nSPS) is 10.3. The highest BCUT2D eigenvalue weighted by Gasteiger charge is 2.08. The van der Waals surface area contributed by atoms with Crippen LogP contribution >= 0.6 is 12.2 Å². The van der Waals surface area contributed by atoms with Crippen LogP contribution in [0.3, 0.4) is 0 Å². The Morgan fingerprint density at radius 2 is 1.50 bits per heavy atom. The average molecular weight is 312 g/mol. The van der Waals surface area contributed by atoms with E-state index in [1.54, 1.807) is 0 Å². The van der Waals surface area contributed by atoms with Gasteiger partial charge in [-0.1, -0.05) is 51.1 Å². The van der Waals surface area contributed by atoms with Crippen molar-refractivity contribution in [3.8, 4) is 0 Å². The van der Waals surface area contributed by atoms with Gasteiger partial charge in [-0.15, -0.1) is 0 Å². The van der Waals surface area contributed by atoms with Gasteiger partial charge < -0.3 is 10.6 Å². The fourth-order valence-corrected chi connectivity index (χ4v) is 2.77. The molecule has 0 aliphatic heterocycles. The molecule has 0 amide bonds. The van der Waals surface area contributed by atoms with E-state index in [1.807, 2.05) is 6.07 Å². The summed E-state index contributed by atoms with van der Waals surface area (Å²) in [5.41, 5.74) is 6.08. The van der Waals surface area contributed by atoms with Gasteiger partial charge in [-0.05, 0) is 60.3 Å². The number of benzene rings is 2.